The second-order valence-electron chi connectivity index (χ2n) is 3.98. The lowest BCUT2D eigenvalue weighted by Gasteiger charge is -2.18. The van der Waals surface area contributed by atoms with Crippen molar-refractivity contribution in [1.29, 1.82) is 0 Å². The largest absolute Gasteiger partial charge is 0.492 e. The van der Waals surface area contributed by atoms with Gasteiger partial charge in [0.2, 0.25) is 0 Å². The molecule has 1 N–H and O–H groups in total. The molecule has 3 nitrogen and oxygen atoms in total. The summed E-state index contributed by atoms with van der Waals surface area (Å²) in [5.41, 5.74) is 0.940. The molecule has 1 aromatic carbocycles. The summed E-state index contributed by atoms with van der Waals surface area (Å²) < 4.78 is 24.6. The number of halogens is 2. The first kappa shape index (κ1) is 12.6. The molecule has 0 radical (unpaired) electrons. The van der Waals surface area contributed by atoms with Crippen LogP contribution in [-0.4, -0.2) is 20.8 Å². The van der Waals surface area contributed by atoms with Crippen LogP contribution in [0, 0.1) is 5.82 Å². The topological polar surface area (TPSA) is 30.5 Å². The van der Waals surface area contributed by atoms with Crippen molar-refractivity contribution in [1.82, 2.24) is 5.32 Å². The van der Waals surface area contributed by atoms with Gasteiger partial charge in [-0.25, -0.2) is 4.39 Å². The fourth-order valence-corrected chi connectivity index (χ4v) is 2.63. The van der Waals surface area contributed by atoms with Gasteiger partial charge in [0, 0.05) is 11.6 Å². The Balaban J connectivity index is 2.53. The molecular weight excluding hydrogens is 289 g/mol. The fourth-order valence-electron chi connectivity index (χ4n) is 2.21. The highest BCUT2D eigenvalue weighted by molar-refractivity contribution is 9.10. The number of benzene rings is 1. The van der Waals surface area contributed by atoms with Crippen molar-refractivity contribution in [3.8, 4) is 11.5 Å². The van der Waals surface area contributed by atoms with Gasteiger partial charge in [-0.15, -0.1) is 0 Å². The highest BCUT2D eigenvalue weighted by Crippen LogP contribution is 2.42. The molecule has 1 aliphatic rings. The Kier molecular flexibility index (Phi) is 3.89. The maximum Gasteiger partial charge on any atom is 0.198 e. The van der Waals surface area contributed by atoms with E-state index in [4.69, 9.17) is 9.47 Å². The Bertz CT molecular complexity index is 419. The Hall–Kier alpha value is -0.810. The normalized spacial score (nSPS) is 19.4. The van der Waals surface area contributed by atoms with Gasteiger partial charge in [0.1, 0.15) is 0 Å². The summed E-state index contributed by atoms with van der Waals surface area (Å²) in [7, 11) is 2.98. The minimum Gasteiger partial charge on any atom is -0.492 e. The molecule has 0 aromatic heterocycles. The summed E-state index contributed by atoms with van der Waals surface area (Å²) in [6.45, 7) is 0.977. The summed E-state index contributed by atoms with van der Waals surface area (Å²) in [4.78, 5) is 0. The predicted molar refractivity (Wildman–Crippen MR) is 67.2 cm³/mol. The second kappa shape index (κ2) is 5.23. The van der Waals surface area contributed by atoms with E-state index in [1.807, 2.05) is 0 Å². The van der Waals surface area contributed by atoms with E-state index < -0.39 is 5.82 Å². The third kappa shape index (κ3) is 2.26. The van der Waals surface area contributed by atoms with E-state index in [2.05, 4.69) is 21.2 Å². The minimum atomic E-state index is -0.425. The number of nitrogens with one attached hydrogen (secondary N) is 1. The van der Waals surface area contributed by atoms with E-state index in [1.54, 1.807) is 6.07 Å². The first-order valence-corrected chi connectivity index (χ1v) is 6.31. The number of ether oxygens (including phenoxy) is 2. The number of hydrogen-bond donors (Lipinski definition) is 1. The molecular formula is C12H15BrFNO2. The molecule has 1 atom stereocenters. The average molecular weight is 304 g/mol. The molecule has 5 heteroatoms. The number of rotatable bonds is 3. The van der Waals surface area contributed by atoms with Crippen LogP contribution in [0.3, 0.4) is 0 Å². The van der Waals surface area contributed by atoms with Gasteiger partial charge in [-0.05, 0) is 41.4 Å². The first-order chi connectivity index (χ1) is 8.19. The van der Waals surface area contributed by atoms with Crippen molar-refractivity contribution in [3.05, 3.63) is 21.9 Å². The third-order valence-corrected chi connectivity index (χ3v) is 3.58. The molecule has 1 unspecified atom stereocenters. The van der Waals surface area contributed by atoms with E-state index in [0.717, 1.165) is 24.9 Å². The van der Waals surface area contributed by atoms with Crippen LogP contribution in [-0.2, 0) is 0 Å². The van der Waals surface area contributed by atoms with Gasteiger partial charge >= 0.3 is 0 Å². The summed E-state index contributed by atoms with van der Waals surface area (Å²) >= 11 is 3.21. The van der Waals surface area contributed by atoms with E-state index in [0.29, 0.717) is 10.2 Å². The Morgan fingerprint density at radius 2 is 2.06 bits per heavy atom. The molecule has 0 aliphatic carbocycles. The smallest absolute Gasteiger partial charge is 0.198 e. The Labute approximate surface area is 108 Å². The van der Waals surface area contributed by atoms with Crippen molar-refractivity contribution in [3.63, 3.8) is 0 Å². The maximum atomic E-state index is 13.8. The maximum absolute atomic E-state index is 13.8. The first-order valence-electron chi connectivity index (χ1n) is 5.52. The molecule has 94 valence electrons. The molecule has 1 saturated heterocycles. The molecule has 0 bridgehead atoms. The van der Waals surface area contributed by atoms with Crippen LogP contribution in [0.25, 0.3) is 0 Å². The van der Waals surface area contributed by atoms with E-state index in [9.17, 15) is 4.39 Å². The second-order valence-corrected chi connectivity index (χ2v) is 4.83. The highest BCUT2D eigenvalue weighted by atomic mass is 79.9. The van der Waals surface area contributed by atoms with Crippen LogP contribution in [0.4, 0.5) is 4.39 Å². The van der Waals surface area contributed by atoms with Gasteiger partial charge in [-0.3, -0.25) is 0 Å². The molecule has 1 fully saturated rings. The fraction of sp³-hybridized carbons (Fsp3) is 0.500. The summed E-state index contributed by atoms with van der Waals surface area (Å²) in [6.07, 6.45) is 2.14. The molecule has 0 saturated carbocycles. The number of hydrogen-bond acceptors (Lipinski definition) is 3. The van der Waals surface area contributed by atoms with Crippen LogP contribution in [0.2, 0.25) is 0 Å². The van der Waals surface area contributed by atoms with Crippen molar-refractivity contribution in [2.75, 3.05) is 20.8 Å². The standard InChI is InChI=1S/C12H15BrFNO2/c1-16-11-7(9-4-3-5-15-9)6-8(13)10(14)12(11)17-2/h6,9,15H,3-5H2,1-2H3. The molecule has 2 rings (SSSR count). The van der Waals surface area contributed by atoms with E-state index >= 15 is 0 Å². The third-order valence-electron chi connectivity index (χ3n) is 3.00. The lowest BCUT2D eigenvalue weighted by molar-refractivity contribution is 0.331. The van der Waals surface area contributed by atoms with Gasteiger partial charge in [0.25, 0.3) is 0 Å². The van der Waals surface area contributed by atoms with Crippen molar-refractivity contribution >= 4 is 15.9 Å². The molecule has 1 aromatic rings. The minimum absolute atomic E-state index is 0.158. The SMILES string of the molecule is COc1c(C2CCCN2)cc(Br)c(F)c1OC. The van der Waals surface area contributed by atoms with Gasteiger partial charge in [0.05, 0.1) is 18.7 Å². The van der Waals surface area contributed by atoms with E-state index in [1.165, 1.54) is 14.2 Å². The molecule has 0 amide bonds. The summed E-state index contributed by atoms with van der Waals surface area (Å²) in [5.74, 6) is 0.212. The van der Waals surface area contributed by atoms with Crippen LogP contribution in [0.5, 0.6) is 11.5 Å². The van der Waals surface area contributed by atoms with Crippen molar-refractivity contribution in [2.24, 2.45) is 0 Å². The zero-order valence-electron chi connectivity index (χ0n) is 9.85. The molecule has 1 aliphatic heterocycles. The average Bonchev–Trinajstić information content (AvgIpc) is 2.85. The molecule has 1 heterocycles. The Morgan fingerprint density at radius 3 is 2.59 bits per heavy atom. The molecule has 17 heavy (non-hydrogen) atoms. The van der Waals surface area contributed by atoms with Crippen LogP contribution in [0.1, 0.15) is 24.4 Å². The van der Waals surface area contributed by atoms with Crippen LogP contribution < -0.4 is 14.8 Å². The Morgan fingerprint density at radius 1 is 1.35 bits per heavy atom. The lowest BCUT2D eigenvalue weighted by atomic mass is 10.0. The summed E-state index contributed by atoms with van der Waals surface area (Å²) in [5, 5.41) is 3.37. The zero-order valence-corrected chi connectivity index (χ0v) is 11.4. The van der Waals surface area contributed by atoms with E-state index in [-0.39, 0.29) is 11.8 Å². The predicted octanol–water partition coefficient (Wildman–Crippen LogP) is 3.03. The highest BCUT2D eigenvalue weighted by Gasteiger charge is 2.26. The summed E-state index contributed by atoms with van der Waals surface area (Å²) in [6, 6.07) is 1.97. The van der Waals surface area contributed by atoms with Crippen LogP contribution in [0.15, 0.2) is 10.5 Å². The van der Waals surface area contributed by atoms with Crippen molar-refractivity contribution in [2.45, 2.75) is 18.9 Å². The van der Waals surface area contributed by atoms with Gasteiger partial charge in [-0.2, -0.15) is 0 Å². The van der Waals surface area contributed by atoms with Gasteiger partial charge in [-0.1, -0.05) is 0 Å². The van der Waals surface area contributed by atoms with Crippen molar-refractivity contribution < 1.29 is 13.9 Å². The number of methoxy groups -OCH3 is 2. The lowest BCUT2D eigenvalue weighted by Crippen LogP contribution is -2.14. The molecule has 0 spiro atoms. The quantitative estimate of drug-likeness (QED) is 0.931. The van der Waals surface area contributed by atoms with Gasteiger partial charge in [0.15, 0.2) is 17.3 Å². The van der Waals surface area contributed by atoms with Crippen LogP contribution >= 0.6 is 15.9 Å². The van der Waals surface area contributed by atoms with Gasteiger partial charge < -0.3 is 14.8 Å². The zero-order chi connectivity index (χ0) is 12.4. The monoisotopic (exact) mass is 303 g/mol.